The fourth-order valence-corrected chi connectivity index (χ4v) is 3.61. The minimum atomic E-state index is -0.427. The van der Waals surface area contributed by atoms with Crippen molar-refractivity contribution >= 4 is 40.4 Å². The van der Waals surface area contributed by atoms with E-state index in [1.165, 1.54) is 4.90 Å². The zero-order chi connectivity index (χ0) is 22.1. The largest absolute Gasteiger partial charge is 0.497 e. The quantitative estimate of drug-likeness (QED) is 0.551. The number of methoxy groups -OCH3 is 1. The van der Waals surface area contributed by atoms with Crippen LogP contribution in [0.3, 0.4) is 0 Å². The second-order valence-electron chi connectivity index (χ2n) is 7.33. The van der Waals surface area contributed by atoms with Gasteiger partial charge in [0.15, 0.2) is 0 Å². The Labute approximate surface area is 185 Å². The van der Waals surface area contributed by atoms with Gasteiger partial charge in [-0.1, -0.05) is 35.9 Å². The van der Waals surface area contributed by atoms with E-state index < -0.39 is 5.91 Å². The Morgan fingerprint density at radius 1 is 0.871 bits per heavy atom. The number of hydrogen-bond donors (Lipinski definition) is 1. The Morgan fingerprint density at radius 3 is 2.29 bits per heavy atom. The van der Waals surface area contributed by atoms with E-state index in [4.69, 9.17) is 16.3 Å². The number of carbonyl (C=O) groups is 2. The number of ether oxygens (including phenoxy) is 1. The van der Waals surface area contributed by atoms with Crippen LogP contribution < -0.4 is 15.0 Å². The van der Waals surface area contributed by atoms with Gasteiger partial charge in [0.05, 0.1) is 18.4 Å². The van der Waals surface area contributed by atoms with E-state index in [0.29, 0.717) is 33.3 Å². The second kappa shape index (κ2) is 8.28. The molecule has 3 aromatic rings. The third-order valence-corrected chi connectivity index (χ3v) is 5.56. The molecule has 5 nitrogen and oxygen atoms in total. The monoisotopic (exact) mass is 432 g/mol. The Hall–Kier alpha value is -3.57. The number of halogens is 1. The molecule has 0 atom stereocenters. The van der Waals surface area contributed by atoms with E-state index in [1.807, 2.05) is 50.2 Å². The molecule has 156 valence electrons. The van der Waals surface area contributed by atoms with Crippen molar-refractivity contribution in [1.29, 1.82) is 0 Å². The zero-order valence-corrected chi connectivity index (χ0v) is 18.2. The summed E-state index contributed by atoms with van der Waals surface area (Å²) in [6, 6.07) is 19.6. The van der Waals surface area contributed by atoms with Crippen LogP contribution in [0.2, 0.25) is 5.02 Å². The molecule has 0 aliphatic carbocycles. The van der Waals surface area contributed by atoms with Crippen molar-refractivity contribution in [2.75, 3.05) is 17.3 Å². The van der Waals surface area contributed by atoms with E-state index in [9.17, 15) is 9.59 Å². The molecule has 1 heterocycles. The molecule has 0 saturated heterocycles. The lowest BCUT2D eigenvalue weighted by Gasteiger charge is -2.15. The van der Waals surface area contributed by atoms with E-state index in [0.717, 1.165) is 11.1 Å². The second-order valence-corrected chi connectivity index (χ2v) is 7.76. The van der Waals surface area contributed by atoms with Crippen molar-refractivity contribution < 1.29 is 14.3 Å². The van der Waals surface area contributed by atoms with Crippen molar-refractivity contribution in [3.8, 4) is 5.75 Å². The molecule has 0 fully saturated rings. The molecular weight excluding hydrogens is 412 g/mol. The third-order valence-electron chi connectivity index (χ3n) is 5.30. The fourth-order valence-electron chi connectivity index (χ4n) is 3.48. The van der Waals surface area contributed by atoms with Crippen molar-refractivity contribution in [2.45, 2.75) is 13.8 Å². The van der Waals surface area contributed by atoms with Crippen LogP contribution in [-0.2, 0) is 9.59 Å². The Kier molecular flexibility index (Phi) is 5.53. The molecule has 0 radical (unpaired) electrons. The molecule has 0 bridgehead atoms. The van der Waals surface area contributed by atoms with Crippen LogP contribution >= 0.6 is 11.6 Å². The molecule has 1 aliphatic rings. The first kappa shape index (κ1) is 20.7. The SMILES string of the molecule is COc1cccc(NC2=C(c3ccc(C)c(C)c3)C(=O)N(c3ccc(Cl)cc3)C2=O)c1. The predicted molar refractivity (Wildman–Crippen MR) is 123 cm³/mol. The topological polar surface area (TPSA) is 58.6 Å². The summed E-state index contributed by atoms with van der Waals surface area (Å²) in [5, 5.41) is 3.68. The van der Waals surface area contributed by atoms with Crippen LogP contribution in [0, 0.1) is 13.8 Å². The summed E-state index contributed by atoms with van der Waals surface area (Å²) >= 11 is 5.99. The number of imide groups is 1. The average molecular weight is 433 g/mol. The fraction of sp³-hybridized carbons (Fsp3) is 0.120. The van der Waals surface area contributed by atoms with E-state index in [2.05, 4.69) is 5.32 Å². The lowest BCUT2D eigenvalue weighted by molar-refractivity contribution is -0.120. The van der Waals surface area contributed by atoms with Crippen molar-refractivity contribution in [2.24, 2.45) is 0 Å². The number of carbonyl (C=O) groups excluding carboxylic acids is 2. The van der Waals surface area contributed by atoms with Crippen LogP contribution in [0.1, 0.15) is 16.7 Å². The Morgan fingerprint density at radius 2 is 1.61 bits per heavy atom. The summed E-state index contributed by atoms with van der Waals surface area (Å²) in [5.74, 6) is -0.172. The number of hydrogen-bond acceptors (Lipinski definition) is 4. The number of benzene rings is 3. The molecule has 0 unspecified atom stereocenters. The molecular formula is C25H21ClN2O3. The van der Waals surface area contributed by atoms with Gasteiger partial charge in [-0.15, -0.1) is 0 Å². The summed E-state index contributed by atoms with van der Waals surface area (Å²) in [4.78, 5) is 28.1. The minimum Gasteiger partial charge on any atom is -0.497 e. The van der Waals surface area contributed by atoms with Gasteiger partial charge in [-0.3, -0.25) is 9.59 Å². The smallest absolute Gasteiger partial charge is 0.282 e. The van der Waals surface area contributed by atoms with Gasteiger partial charge in [-0.2, -0.15) is 0 Å². The lowest BCUT2D eigenvalue weighted by Crippen LogP contribution is -2.32. The molecule has 2 amide bonds. The van der Waals surface area contributed by atoms with Crippen molar-refractivity contribution in [3.05, 3.63) is 94.1 Å². The number of anilines is 2. The van der Waals surface area contributed by atoms with Gasteiger partial charge < -0.3 is 10.1 Å². The predicted octanol–water partition coefficient (Wildman–Crippen LogP) is 5.36. The minimum absolute atomic E-state index is 0.219. The molecule has 6 heteroatoms. The van der Waals surface area contributed by atoms with Crippen molar-refractivity contribution in [3.63, 3.8) is 0 Å². The third kappa shape index (κ3) is 3.92. The standard InChI is InChI=1S/C25H21ClN2O3/c1-15-7-8-17(13-16(15)2)22-23(27-19-5-4-6-21(14-19)31-3)25(30)28(24(22)29)20-11-9-18(26)10-12-20/h4-14,27H,1-3H3. The summed E-state index contributed by atoms with van der Waals surface area (Å²) in [7, 11) is 1.57. The molecule has 0 aromatic heterocycles. The van der Waals surface area contributed by atoms with Gasteiger partial charge in [0.1, 0.15) is 11.4 Å². The highest BCUT2D eigenvalue weighted by molar-refractivity contribution is 6.46. The first-order chi connectivity index (χ1) is 14.9. The first-order valence-electron chi connectivity index (χ1n) is 9.76. The van der Waals surface area contributed by atoms with E-state index >= 15 is 0 Å². The summed E-state index contributed by atoms with van der Waals surface area (Å²) in [5.41, 5.74) is 4.48. The molecule has 1 N–H and O–H groups in total. The highest BCUT2D eigenvalue weighted by Crippen LogP contribution is 2.35. The zero-order valence-electron chi connectivity index (χ0n) is 17.4. The molecule has 3 aromatic carbocycles. The number of nitrogens with zero attached hydrogens (tertiary/aromatic N) is 1. The van der Waals surface area contributed by atoms with Gasteiger partial charge in [0.2, 0.25) is 0 Å². The number of rotatable bonds is 5. The van der Waals surface area contributed by atoms with Gasteiger partial charge in [0.25, 0.3) is 11.8 Å². The van der Waals surface area contributed by atoms with E-state index in [1.54, 1.807) is 37.4 Å². The van der Waals surface area contributed by atoms with E-state index in [-0.39, 0.29) is 11.6 Å². The van der Waals surface area contributed by atoms with Crippen LogP contribution in [-0.4, -0.2) is 18.9 Å². The summed E-state index contributed by atoms with van der Waals surface area (Å²) < 4.78 is 5.28. The summed E-state index contributed by atoms with van der Waals surface area (Å²) in [6.45, 7) is 3.98. The van der Waals surface area contributed by atoms with Gasteiger partial charge in [0, 0.05) is 16.8 Å². The number of aryl methyl sites for hydroxylation is 2. The average Bonchev–Trinajstić information content (AvgIpc) is 3.00. The van der Waals surface area contributed by atoms with Crippen LogP contribution in [0.5, 0.6) is 5.75 Å². The molecule has 0 saturated carbocycles. The van der Waals surface area contributed by atoms with Gasteiger partial charge >= 0.3 is 0 Å². The maximum atomic E-state index is 13.5. The Balaban J connectivity index is 1.83. The van der Waals surface area contributed by atoms with Crippen LogP contribution in [0.4, 0.5) is 11.4 Å². The van der Waals surface area contributed by atoms with Gasteiger partial charge in [-0.05, 0) is 66.9 Å². The highest BCUT2D eigenvalue weighted by Gasteiger charge is 2.40. The number of nitrogens with one attached hydrogen (secondary N) is 1. The molecule has 31 heavy (non-hydrogen) atoms. The highest BCUT2D eigenvalue weighted by atomic mass is 35.5. The number of amides is 2. The molecule has 1 aliphatic heterocycles. The van der Waals surface area contributed by atoms with Crippen LogP contribution in [0.25, 0.3) is 5.57 Å². The maximum absolute atomic E-state index is 13.5. The van der Waals surface area contributed by atoms with Gasteiger partial charge in [-0.25, -0.2) is 4.90 Å². The van der Waals surface area contributed by atoms with Crippen molar-refractivity contribution in [1.82, 2.24) is 0 Å². The van der Waals surface area contributed by atoms with Crippen LogP contribution in [0.15, 0.2) is 72.4 Å². The molecule has 0 spiro atoms. The first-order valence-corrected chi connectivity index (χ1v) is 10.1. The Bertz CT molecular complexity index is 1220. The summed E-state index contributed by atoms with van der Waals surface area (Å²) in [6.07, 6.45) is 0. The maximum Gasteiger partial charge on any atom is 0.282 e. The molecule has 4 rings (SSSR count). The normalized spacial score (nSPS) is 13.7. The lowest BCUT2D eigenvalue weighted by atomic mass is 9.99.